The number of hydrogen-bond donors (Lipinski definition) is 2. The molecule has 3 rings (SSSR count). The summed E-state index contributed by atoms with van der Waals surface area (Å²) in [5.41, 5.74) is 1.41. The maximum Gasteiger partial charge on any atom is 0.319 e. The zero-order valence-corrected chi connectivity index (χ0v) is 17.8. The highest BCUT2D eigenvalue weighted by Crippen LogP contribution is 2.17. The van der Waals surface area contributed by atoms with E-state index in [2.05, 4.69) is 22.5 Å². The Morgan fingerprint density at radius 2 is 1.62 bits per heavy atom. The molecule has 1 aromatic rings. The molecule has 2 heterocycles. The van der Waals surface area contributed by atoms with E-state index >= 15 is 0 Å². The van der Waals surface area contributed by atoms with Gasteiger partial charge in [-0.15, -0.1) is 0 Å². The average molecular weight is 401 g/mol. The Morgan fingerprint density at radius 1 is 0.966 bits per heavy atom. The second kappa shape index (κ2) is 11.2. The zero-order valence-electron chi connectivity index (χ0n) is 17.8. The van der Waals surface area contributed by atoms with Gasteiger partial charge in [-0.05, 0) is 81.9 Å². The van der Waals surface area contributed by atoms with E-state index in [9.17, 15) is 9.59 Å². The molecule has 0 aliphatic carbocycles. The number of nitrogens with zero attached hydrogens (tertiary/aromatic N) is 2. The zero-order chi connectivity index (χ0) is 20.5. The molecule has 2 aliphatic rings. The van der Waals surface area contributed by atoms with Gasteiger partial charge < -0.3 is 20.4 Å². The number of piperidine rings is 1. The molecule has 0 aromatic heterocycles. The van der Waals surface area contributed by atoms with Gasteiger partial charge in [-0.3, -0.25) is 4.79 Å². The van der Waals surface area contributed by atoms with Gasteiger partial charge in [0.15, 0.2) is 0 Å². The Morgan fingerprint density at radius 3 is 2.24 bits per heavy atom. The number of carbonyl (C=O) groups excluding carboxylic acids is 2. The van der Waals surface area contributed by atoms with Crippen molar-refractivity contribution in [1.82, 2.24) is 15.1 Å². The van der Waals surface area contributed by atoms with Crippen molar-refractivity contribution in [2.75, 3.05) is 44.6 Å². The molecule has 29 heavy (non-hydrogen) atoms. The molecule has 3 amide bonds. The molecule has 0 saturated carbocycles. The summed E-state index contributed by atoms with van der Waals surface area (Å²) in [5, 5.41) is 5.88. The number of hydrogen-bond acceptors (Lipinski definition) is 3. The van der Waals surface area contributed by atoms with Crippen LogP contribution in [0, 0.1) is 5.92 Å². The molecule has 6 nitrogen and oxygen atoms in total. The average Bonchev–Trinajstić information content (AvgIpc) is 3.03. The fourth-order valence-corrected chi connectivity index (χ4v) is 4.30. The Balaban J connectivity index is 1.41. The number of carbonyl (C=O) groups is 2. The van der Waals surface area contributed by atoms with Crippen LogP contribution in [0.25, 0.3) is 0 Å². The number of anilines is 1. The Hall–Kier alpha value is -2.08. The van der Waals surface area contributed by atoms with E-state index in [4.69, 9.17) is 0 Å². The molecular formula is C23H36N4O2. The van der Waals surface area contributed by atoms with E-state index in [1.807, 2.05) is 29.2 Å². The van der Waals surface area contributed by atoms with Gasteiger partial charge in [-0.1, -0.05) is 19.8 Å². The van der Waals surface area contributed by atoms with Crippen LogP contribution < -0.4 is 10.6 Å². The smallest absolute Gasteiger partial charge is 0.319 e. The van der Waals surface area contributed by atoms with Crippen molar-refractivity contribution >= 4 is 17.6 Å². The van der Waals surface area contributed by atoms with Crippen LogP contribution in [0.5, 0.6) is 0 Å². The molecule has 0 spiro atoms. The van der Waals surface area contributed by atoms with E-state index in [0.29, 0.717) is 17.2 Å². The molecule has 1 aromatic carbocycles. The molecule has 160 valence electrons. The van der Waals surface area contributed by atoms with Crippen LogP contribution in [-0.4, -0.2) is 61.0 Å². The topological polar surface area (TPSA) is 64.7 Å². The number of benzene rings is 1. The van der Waals surface area contributed by atoms with E-state index < -0.39 is 0 Å². The van der Waals surface area contributed by atoms with Gasteiger partial charge in [0, 0.05) is 30.9 Å². The minimum atomic E-state index is -0.174. The Bertz CT molecular complexity index is 645. The van der Waals surface area contributed by atoms with Gasteiger partial charge in [0.2, 0.25) is 0 Å². The van der Waals surface area contributed by atoms with Crippen molar-refractivity contribution in [3.8, 4) is 0 Å². The second-order valence-corrected chi connectivity index (χ2v) is 8.40. The SMILES string of the molecule is CCCN1CCC(CNC(=O)Nc2ccc(C(=O)N3CCCCCC3)cc2)CC1. The van der Waals surface area contributed by atoms with Crippen LogP contribution in [0.3, 0.4) is 0 Å². The lowest BCUT2D eigenvalue weighted by molar-refractivity contribution is 0.0761. The fourth-order valence-electron chi connectivity index (χ4n) is 4.30. The molecule has 0 bridgehead atoms. The molecule has 0 unspecified atom stereocenters. The van der Waals surface area contributed by atoms with Crippen LogP contribution in [0.2, 0.25) is 0 Å². The van der Waals surface area contributed by atoms with E-state index in [-0.39, 0.29) is 11.9 Å². The maximum atomic E-state index is 12.7. The Labute approximate surface area is 175 Å². The number of urea groups is 1. The van der Waals surface area contributed by atoms with Gasteiger partial charge in [0.05, 0.1) is 0 Å². The molecule has 2 N–H and O–H groups in total. The predicted molar refractivity (Wildman–Crippen MR) is 117 cm³/mol. The highest BCUT2D eigenvalue weighted by Gasteiger charge is 2.19. The first kappa shape index (κ1) is 21.6. The van der Waals surface area contributed by atoms with Crippen molar-refractivity contribution in [2.45, 2.75) is 51.9 Å². The van der Waals surface area contributed by atoms with Crippen molar-refractivity contribution in [3.63, 3.8) is 0 Å². The summed E-state index contributed by atoms with van der Waals surface area (Å²) >= 11 is 0. The van der Waals surface area contributed by atoms with Crippen LogP contribution in [0.15, 0.2) is 24.3 Å². The van der Waals surface area contributed by atoms with Crippen molar-refractivity contribution in [3.05, 3.63) is 29.8 Å². The van der Waals surface area contributed by atoms with Crippen molar-refractivity contribution in [1.29, 1.82) is 0 Å². The molecule has 6 heteroatoms. The summed E-state index contributed by atoms with van der Waals surface area (Å²) in [6.07, 6.45) is 8.08. The predicted octanol–water partition coefficient (Wildman–Crippen LogP) is 3.95. The molecule has 2 aliphatic heterocycles. The minimum absolute atomic E-state index is 0.0947. The molecule has 2 saturated heterocycles. The highest BCUT2D eigenvalue weighted by molar-refractivity contribution is 5.95. The standard InChI is InChI=1S/C23H36N4O2/c1-2-13-26-16-11-19(12-17-26)18-24-23(29)25-21-9-7-20(8-10-21)22(28)27-14-5-3-4-6-15-27/h7-10,19H,2-6,11-18H2,1H3,(H2,24,25,29). The van der Waals surface area contributed by atoms with Gasteiger partial charge in [0.25, 0.3) is 5.91 Å². The van der Waals surface area contributed by atoms with Crippen LogP contribution >= 0.6 is 0 Å². The number of likely N-dealkylation sites (tertiary alicyclic amines) is 2. The maximum absolute atomic E-state index is 12.7. The first-order valence-corrected chi connectivity index (χ1v) is 11.3. The van der Waals surface area contributed by atoms with Crippen LogP contribution in [0.1, 0.15) is 62.2 Å². The minimum Gasteiger partial charge on any atom is -0.339 e. The summed E-state index contributed by atoms with van der Waals surface area (Å²) in [5.74, 6) is 0.653. The van der Waals surface area contributed by atoms with E-state index in [1.165, 1.54) is 25.8 Å². The third-order valence-electron chi connectivity index (χ3n) is 6.08. The first-order chi connectivity index (χ1) is 14.2. The molecule has 0 atom stereocenters. The molecule has 2 fully saturated rings. The Kier molecular flexibility index (Phi) is 8.35. The lowest BCUT2D eigenvalue weighted by Gasteiger charge is -2.31. The third-order valence-corrected chi connectivity index (χ3v) is 6.08. The van der Waals surface area contributed by atoms with Crippen LogP contribution in [0.4, 0.5) is 10.5 Å². The molecular weight excluding hydrogens is 364 g/mol. The fraction of sp³-hybridized carbons (Fsp3) is 0.652. The lowest BCUT2D eigenvalue weighted by Crippen LogP contribution is -2.40. The summed E-state index contributed by atoms with van der Waals surface area (Å²) < 4.78 is 0. The van der Waals surface area contributed by atoms with Crippen LogP contribution in [-0.2, 0) is 0 Å². The van der Waals surface area contributed by atoms with Crippen molar-refractivity contribution in [2.24, 2.45) is 5.92 Å². The number of nitrogens with one attached hydrogen (secondary N) is 2. The lowest BCUT2D eigenvalue weighted by atomic mass is 9.97. The van der Waals surface area contributed by atoms with Gasteiger partial charge in [0.1, 0.15) is 0 Å². The van der Waals surface area contributed by atoms with Gasteiger partial charge >= 0.3 is 6.03 Å². The molecule has 0 radical (unpaired) electrons. The quantitative estimate of drug-likeness (QED) is 0.760. The number of rotatable bonds is 6. The van der Waals surface area contributed by atoms with Gasteiger partial charge in [-0.25, -0.2) is 4.79 Å². The normalized spacial score (nSPS) is 18.9. The van der Waals surface area contributed by atoms with Gasteiger partial charge in [-0.2, -0.15) is 0 Å². The summed E-state index contributed by atoms with van der Waals surface area (Å²) in [4.78, 5) is 29.3. The second-order valence-electron chi connectivity index (χ2n) is 8.40. The highest BCUT2D eigenvalue weighted by atomic mass is 16.2. The number of amides is 3. The van der Waals surface area contributed by atoms with E-state index in [1.54, 1.807) is 0 Å². The first-order valence-electron chi connectivity index (χ1n) is 11.3. The summed E-state index contributed by atoms with van der Waals surface area (Å²) in [6.45, 7) is 8.07. The summed E-state index contributed by atoms with van der Waals surface area (Å²) in [6, 6.07) is 7.08. The van der Waals surface area contributed by atoms with Crippen molar-refractivity contribution < 1.29 is 9.59 Å². The summed E-state index contributed by atoms with van der Waals surface area (Å²) in [7, 11) is 0. The third kappa shape index (κ3) is 6.74. The van der Waals surface area contributed by atoms with E-state index in [0.717, 1.165) is 58.4 Å². The monoisotopic (exact) mass is 400 g/mol. The largest absolute Gasteiger partial charge is 0.339 e.